The molecule has 1 unspecified atom stereocenters. The highest BCUT2D eigenvalue weighted by Gasteiger charge is 2.15. The Morgan fingerprint density at radius 2 is 1.95 bits per heavy atom. The van der Waals surface area contributed by atoms with Gasteiger partial charge in [-0.2, -0.15) is 0 Å². The maximum Gasteiger partial charge on any atom is 0.322 e. The summed E-state index contributed by atoms with van der Waals surface area (Å²) < 4.78 is 9.93. The number of carbonyl (C=O) groups excluding carboxylic acids is 1. The third-order valence-electron chi connectivity index (χ3n) is 3.10. The van der Waals surface area contributed by atoms with Crippen LogP contribution in [0, 0.1) is 0 Å². The Kier molecular flexibility index (Phi) is 7.15. The Labute approximate surface area is 115 Å². The van der Waals surface area contributed by atoms with E-state index in [1.54, 1.807) is 7.11 Å². The number of methoxy groups -OCH3 is 2. The summed E-state index contributed by atoms with van der Waals surface area (Å²) in [7, 11) is 3.11. The van der Waals surface area contributed by atoms with Crippen LogP contribution in [0.5, 0.6) is 0 Å². The fourth-order valence-electron chi connectivity index (χ4n) is 2.02. The van der Waals surface area contributed by atoms with Gasteiger partial charge in [-0.05, 0) is 30.5 Å². The summed E-state index contributed by atoms with van der Waals surface area (Å²) in [5, 5.41) is 3.22. The minimum atomic E-state index is -0.223. The van der Waals surface area contributed by atoms with Gasteiger partial charge in [0, 0.05) is 7.11 Å². The third-order valence-corrected chi connectivity index (χ3v) is 3.10. The topological polar surface area (TPSA) is 47.6 Å². The van der Waals surface area contributed by atoms with E-state index >= 15 is 0 Å². The van der Waals surface area contributed by atoms with Gasteiger partial charge in [0.2, 0.25) is 0 Å². The molecule has 0 aliphatic rings. The van der Waals surface area contributed by atoms with Crippen LogP contribution >= 0.6 is 0 Å². The molecule has 0 saturated carbocycles. The lowest BCUT2D eigenvalue weighted by Gasteiger charge is -2.15. The molecule has 0 aliphatic carbocycles. The number of hydrogen-bond donors (Lipinski definition) is 1. The number of hydrogen-bond acceptors (Lipinski definition) is 4. The molecular weight excluding hydrogens is 242 g/mol. The summed E-state index contributed by atoms with van der Waals surface area (Å²) in [5.41, 5.74) is 2.44. The van der Waals surface area contributed by atoms with Crippen LogP contribution in [0.3, 0.4) is 0 Å². The average Bonchev–Trinajstić information content (AvgIpc) is 2.45. The number of nitrogens with one attached hydrogen (secondary N) is 1. The smallest absolute Gasteiger partial charge is 0.322 e. The Morgan fingerprint density at radius 3 is 2.53 bits per heavy atom. The van der Waals surface area contributed by atoms with Crippen LogP contribution in [0.4, 0.5) is 0 Å². The zero-order valence-electron chi connectivity index (χ0n) is 11.9. The SMILES string of the molecule is CCC(NCCc1ccccc1COC)C(=O)OC. The fraction of sp³-hybridized carbons (Fsp3) is 0.533. The lowest BCUT2D eigenvalue weighted by Crippen LogP contribution is -2.38. The van der Waals surface area contributed by atoms with Gasteiger partial charge in [-0.3, -0.25) is 4.79 Å². The van der Waals surface area contributed by atoms with E-state index in [-0.39, 0.29) is 12.0 Å². The van der Waals surface area contributed by atoms with Crippen LogP contribution in [0.25, 0.3) is 0 Å². The second-order valence-corrected chi connectivity index (χ2v) is 4.39. The highest BCUT2D eigenvalue weighted by atomic mass is 16.5. The van der Waals surface area contributed by atoms with Crippen molar-refractivity contribution in [2.45, 2.75) is 32.4 Å². The number of carbonyl (C=O) groups is 1. The third kappa shape index (κ3) is 5.01. The van der Waals surface area contributed by atoms with Crippen molar-refractivity contribution in [2.75, 3.05) is 20.8 Å². The predicted molar refractivity (Wildman–Crippen MR) is 75.0 cm³/mol. The lowest BCUT2D eigenvalue weighted by molar-refractivity contribution is -0.143. The monoisotopic (exact) mass is 265 g/mol. The Morgan fingerprint density at radius 1 is 1.26 bits per heavy atom. The molecule has 0 heterocycles. The predicted octanol–water partition coefficient (Wildman–Crippen LogP) is 1.92. The fourth-order valence-corrected chi connectivity index (χ4v) is 2.02. The molecule has 1 aromatic carbocycles. The van der Waals surface area contributed by atoms with Crippen LogP contribution in [-0.4, -0.2) is 32.8 Å². The van der Waals surface area contributed by atoms with E-state index in [1.165, 1.54) is 18.2 Å². The van der Waals surface area contributed by atoms with Crippen molar-refractivity contribution in [3.8, 4) is 0 Å². The molecule has 1 rings (SSSR count). The number of ether oxygens (including phenoxy) is 2. The summed E-state index contributed by atoms with van der Waals surface area (Å²) in [6.07, 6.45) is 1.60. The van der Waals surface area contributed by atoms with E-state index in [4.69, 9.17) is 9.47 Å². The summed E-state index contributed by atoms with van der Waals surface area (Å²) in [5.74, 6) is -0.201. The van der Waals surface area contributed by atoms with Crippen LogP contribution in [0.2, 0.25) is 0 Å². The molecule has 106 valence electrons. The number of benzene rings is 1. The first-order valence-electron chi connectivity index (χ1n) is 6.59. The highest BCUT2D eigenvalue weighted by Crippen LogP contribution is 2.10. The largest absolute Gasteiger partial charge is 0.468 e. The molecule has 0 aromatic heterocycles. The molecule has 0 aliphatic heterocycles. The Bertz CT molecular complexity index is 393. The van der Waals surface area contributed by atoms with Gasteiger partial charge < -0.3 is 14.8 Å². The quantitative estimate of drug-likeness (QED) is 0.729. The molecule has 19 heavy (non-hydrogen) atoms. The minimum Gasteiger partial charge on any atom is -0.468 e. The molecule has 1 aromatic rings. The second-order valence-electron chi connectivity index (χ2n) is 4.39. The number of rotatable bonds is 8. The van der Waals surface area contributed by atoms with Crippen molar-refractivity contribution in [2.24, 2.45) is 0 Å². The molecule has 0 amide bonds. The van der Waals surface area contributed by atoms with Crippen LogP contribution in [0.1, 0.15) is 24.5 Å². The Balaban J connectivity index is 2.50. The Hall–Kier alpha value is -1.39. The van der Waals surface area contributed by atoms with E-state index in [1.807, 2.05) is 19.1 Å². The molecule has 4 heteroatoms. The van der Waals surface area contributed by atoms with Gasteiger partial charge in [0.25, 0.3) is 0 Å². The van der Waals surface area contributed by atoms with Crippen molar-refractivity contribution >= 4 is 5.97 Å². The maximum atomic E-state index is 11.5. The van der Waals surface area contributed by atoms with E-state index in [9.17, 15) is 4.79 Å². The number of esters is 1. The van der Waals surface area contributed by atoms with Gasteiger partial charge in [0.05, 0.1) is 13.7 Å². The summed E-state index contributed by atoms with van der Waals surface area (Å²) in [6, 6.07) is 7.96. The van der Waals surface area contributed by atoms with Crippen molar-refractivity contribution in [3.63, 3.8) is 0 Å². The minimum absolute atomic E-state index is 0.201. The van der Waals surface area contributed by atoms with Gasteiger partial charge in [-0.25, -0.2) is 0 Å². The van der Waals surface area contributed by atoms with E-state index in [0.29, 0.717) is 6.61 Å². The molecule has 1 N–H and O–H groups in total. The molecule has 0 bridgehead atoms. The van der Waals surface area contributed by atoms with Crippen molar-refractivity contribution in [1.29, 1.82) is 0 Å². The summed E-state index contributed by atoms with van der Waals surface area (Å²) in [6.45, 7) is 3.33. The van der Waals surface area contributed by atoms with Gasteiger partial charge in [0.1, 0.15) is 6.04 Å². The summed E-state index contributed by atoms with van der Waals surface area (Å²) in [4.78, 5) is 11.5. The van der Waals surface area contributed by atoms with Gasteiger partial charge >= 0.3 is 5.97 Å². The first kappa shape index (κ1) is 15.7. The zero-order chi connectivity index (χ0) is 14.1. The molecule has 0 radical (unpaired) electrons. The van der Waals surface area contributed by atoms with Crippen molar-refractivity contribution in [3.05, 3.63) is 35.4 Å². The van der Waals surface area contributed by atoms with Crippen LogP contribution < -0.4 is 5.32 Å². The van der Waals surface area contributed by atoms with Gasteiger partial charge in [-0.1, -0.05) is 31.2 Å². The zero-order valence-corrected chi connectivity index (χ0v) is 11.9. The molecular formula is C15H23NO3. The molecule has 0 fully saturated rings. The first-order chi connectivity index (χ1) is 9.22. The maximum absolute atomic E-state index is 11.5. The molecule has 4 nitrogen and oxygen atoms in total. The summed E-state index contributed by atoms with van der Waals surface area (Å²) >= 11 is 0. The highest BCUT2D eigenvalue weighted by molar-refractivity contribution is 5.75. The van der Waals surface area contributed by atoms with E-state index < -0.39 is 0 Å². The lowest BCUT2D eigenvalue weighted by atomic mass is 10.0. The van der Waals surface area contributed by atoms with Crippen molar-refractivity contribution < 1.29 is 14.3 Å². The van der Waals surface area contributed by atoms with Gasteiger partial charge in [0.15, 0.2) is 0 Å². The average molecular weight is 265 g/mol. The molecule has 0 saturated heterocycles. The normalized spacial score (nSPS) is 12.2. The standard InChI is InChI=1S/C15H23NO3/c1-4-14(15(17)19-3)16-10-9-12-7-5-6-8-13(12)11-18-2/h5-8,14,16H,4,9-11H2,1-3H3. The van der Waals surface area contributed by atoms with Crippen molar-refractivity contribution in [1.82, 2.24) is 5.32 Å². The van der Waals surface area contributed by atoms with E-state index in [2.05, 4.69) is 17.4 Å². The second kappa shape index (κ2) is 8.67. The van der Waals surface area contributed by atoms with Crippen LogP contribution in [-0.2, 0) is 27.3 Å². The van der Waals surface area contributed by atoms with Crippen LogP contribution in [0.15, 0.2) is 24.3 Å². The van der Waals surface area contributed by atoms with E-state index in [0.717, 1.165) is 19.4 Å². The van der Waals surface area contributed by atoms with Gasteiger partial charge in [-0.15, -0.1) is 0 Å². The first-order valence-corrected chi connectivity index (χ1v) is 6.59. The molecule has 0 spiro atoms. The molecule has 1 atom stereocenters.